The van der Waals surface area contributed by atoms with E-state index in [-0.39, 0.29) is 6.10 Å². The van der Waals surface area contributed by atoms with Crippen LogP contribution in [0.3, 0.4) is 0 Å². The van der Waals surface area contributed by atoms with E-state index in [9.17, 15) is 8.42 Å². The zero-order valence-corrected chi connectivity index (χ0v) is 7.07. The summed E-state index contributed by atoms with van der Waals surface area (Å²) in [5.74, 6) is 0. The monoisotopic (exact) mass is 212 g/mol. The Morgan fingerprint density at radius 1 is 1.78 bits per heavy atom. The summed E-state index contributed by atoms with van der Waals surface area (Å²) in [6.07, 6.45) is -0.352. The van der Waals surface area contributed by atoms with E-state index < -0.39 is 10.1 Å². The maximum Gasteiger partial charge on any atom is 0.291 e. The fourth-order valence-corrected chi connectivity index (χ4v) is 2.44. The maximum absolute atomic E-state index is 10.5. The minimum atomic E-state index is -3.35. The van der Waals surface area contributed by atoms with Crippen molar-refractivity contribution in [2.45, 2.75) is 13.0 Å². The minimum Gasteiger partial charge on any atom is -0.258 e. The van der Waals surface area contributed by atoms with Crippen LogP contribution in [-0.4, -0.2) is 14.5 Å². The Labute approximate surface area is 62.0 Å². The molecule has 0 bridgehead atoms. The first kappa shape index (κ1) is 7.24. The molecule has 0 aromatic heterocycles. The van der Waals surface area contributed by atoms with E-state index in [2.05, 4.69) is 20.1 Å². The summed E-state index contributed by atoms with van der Waals surface area (Å²) < 4.78 is 26.1. The Bertz CT molecular complexity index is 241. The van der Waals surface area contributed by atoms with Gasteiger partial charge in [0.15, 0.2) is 0 Å². The highest BCUT2D eigenvalue weighted by Crippen LogP contribution is 2.24. The van der Waals surface area contributed by atoms with Crippen molar-refractivity contribution in [3.63, 3.8) is 0 Å². The Hall–Kier alpha value is 0.130. The molecule has 3 nitrogen and oxygen atoms in total. The first-order valence-electron chi connectivity index (χ1n) is 2.32. The van der Waals surface area contributed by atoms with Crippen LogP contribution in [0, 0.1) is 0 Å². The van der Waals surface area contributed by atoms with Crippen molar-refractivity contribution in [1.82, 2.24) is 0 Å². The lowest BCUT2D eigenvalue weighted by molar-refractivity contribution is 0.288. The summed E-state index contributed by atoms with van der Waals surface area (Å²) in [6.45, 7) is 1.66. The average molecular weight is 213 g/mol. The smallest absolute Gasteiger partial charge is 0.258 e. The highest BCUT2D eigenvalue weighted by molar-refractivity contribution is 9.11. The molecule has 5 heteroatoms. The molecule has 1 rings (SSSR count). The van der Waals surface area contributed by atoms with E-state index in [4.69, 9.17) is 0 Å². The highest BCUT2D eigenvalue weighted by Gasteiger charge is 2.24. The van der Waals surface area contributed by atoms with Crippen LogP contribution in [-0.2, 0) is 14.3 Å². The van der Waals surface area contributed by atoms with Crippen LogP contribution in [0.4, 0.5) is 0 Å². The molecule has 0 saturated heterocycles. The second-order valence-corrected chi connectivity index (χ2v) is 4.06. The minimum absolute atomic E-state index is 0.352. The van der Waals surface area contributed by atoms with Gasteiger partial charge >= 0.3 is 0 Å². The highest BCUT2D eigenvalue weighted by atomic mass is 79.9. The summed E-state index contributed by atoms with van der Waals surface area (Å²) >= 11 is 3.04. The predicted molar refractivity (Wildman–Crippen MR) is 36.5 cm³/mol. The summed E-state index contributed by atoms with van der Waals surface area (Å²) in [6, 6.07) is 0. The van der Waals surface area contributed by atoms with Gasteiger partial charge in [0.1, 0.15) is 6.10 Å². The molecule has 9 heavy (non-hydrogen) atoms. The normalized spacial score (nSPS) is 32.2. The summed E-state index contributed by atoms with van der Waals surface area (Å²) in [5, 5.41) is 1.07. The van der Waals surface area contributed by atoms with Crippen LogP contribution in [0.1, 0.15) is 6.92 Å². The fourth-order valence-electron chi connectivity index (χ4n) is 0.509. The third-order valence-corrected chi connectivity index (χ3v) is 3.20. The number of halogens is 1. The van der Waals surface area contributed by atoms with Gasteiger partial charge in [0.25, 0.3) is 10.1 Å². The quantitative estimate of drug-likeness (QED) is 0.563. The molecular weight excluding hydrogens is 208 g/mol. The van der Waals surface area contributed by atoms with Gasteiger partial charge in [-0.05, 0) is 6.92 Å². The van der Waals surface area contributed by atoms with Crippen molar-refractivity contribution >= 4 is 26.0 Å². The van der Waals surface area contributed by atoms with Crippen molar-refractivity contribution in [3.05, 3.63) is 9.89 Å². The predicted octanol–water partition coefficient (Wildman–Crippen LogP) is 0.971. The Balaban J connectivity index is 3.01. The molecule has 1 atom stereocenters. The molecule has 0 fully saturated rings. The molecule has 1 heterocycles. The fraction of sp³-hybridized carbons (Fsp3) is 0.500. The van der Waals surface area contributed by atoms with E-state index in [1.807, 2.05) is 0 Å². The van der Waals surface area contributed by atoms with Crippen LogP contribution in [0.5, 0.6) is 0 Å². The van der Waals surface area contributed by atoms with Crippen molar-refractivity contribution < 1.29 is 12.6 Å². The lowest BCUT2D eigenvalue weighted by atomic mass is 10.4. The van der Waals surface area contributed by atoms with E-state index in [0.717, 1.165) is 5.41 Å². The van der Waals surface area contributed by atoms with Gasteiger partial charge in [0.05, 0.1) is 5.41 Å². The van der Waals surface area contributed by atoms with Gasteiger partial charge in [-0.2, -0.15) is 8.42 Å². The van der Waals surface area contributed by atoms with Crippen LogP contribution in [0.15, 0.2) is 9.89 Å². The van der Waals surface area contributed by atoms with Gasteiger partial charge in [0, 0.05) is 4.48 Å². The molecule has 0 aromatic rings. The molecular formula is C4H5BrO3S. The van der Waals surface area contributed by atoms with Crippen LogP contribution in [0.25, 0.3) is 0 Å². The van der Waals surface area contributed by atoms with Crippen molar-refractivity contribution in [2.75, 3.05) is 0 Å². The average Bonchev–Trinajstić information content (AvgIpc) is 1.79. The Morgan fingerprint density at radius 3 is 2.44 bits per heavy atom. The largest absolute Gasteiger partial charge is 0.291 e. The molecule has 0 radical (unpaired) electrons. The van der Waals surface area contributed by atoms with Gasteiger partial charge in [-0.15, -0.1) is 0 Å². The Kier molecular flexibility index (Phi) is 1.67. The van der Waals surface area contributed by atoms with Crippen molar-refractivity contribution in [2.24, 2.45) is 0 Å². The summed E-state index contributed by atoms with van der Waals surface area (Å²) in [4.78, 5) is 0. The second kappa shape index (κ2) is 2.07. The lowest BCUT2D eigenvalue weighted by Gasteiger charge is -1.97. The summed E-state index contributed by atoms with van der Waals surface area (Å²) in [5.41, 5.74) is 0. The van der Waals surface area contributed by atoms with Gasteiger partial charge < -0.3 is 0 Å². The van der Waals surface area contributed by atoms with E-state index in [0.29, 0.717) is 4.48 Å². The third-order valence-electron chi connectivity index (χ3n) is 0.924. The zero-order chi connectivity index (χ0) is 7.07. The third kappa shape index (κ3) is 1.53. The van der Waals surface area contributed by atoms with Crippen molar-refractivity contribution in [3.8, 4) is 0 Å². The summed E-state index contributed by atoms with van der Waals surface area (Å²) in [7, 11) is -3.35. The van der Waals surface area contributed by atoms with Gasteiger partial charge in [0.2, 0.25) is 0 Å². The van der Waals surface area contributed by atoms with Crippen LogP contribution in [0.2, 0.25) is 0 Å². The molecule has 1 aliphatic heterocycles. The molecule has 0 aliphatic carbocycles. The van der Waals surface area contributed by atoms with Gasteiger partial charge in [-0.25, -0.2) is 0 Å². The van der Waals surface area contributed by atoms with E-state index >= 15 is 0 Å². The topological polar surface area (TPSA) is 43.4 Å². The molecule has 52 valence electrons. The Morgan fingerprint density at radius 2 is 2.33 bits per heavy atom. The number of hydrogen-bond acceptors (Lipinski definition) is 3. The molecule has 0 amide bonds. The first-order chi connectivity index (χ1) is 4.01. The molecule has 0 spiro atoms. The second-order valence-electron chi connectivity index (χ2n) is 1.73. The van der Waals surface area contributed by atoms with Crippen LogP contribution >= 0.6 is 15.9 Å². The molecule has 1 unspecified atom stereocenters. The molecule has 0 N–H and O–H groups in total. The SMILES string of the molecule is CC1OS(=O)(=O)C=C1Br. The number of rotatable bonds is 0. The van der Waals surface area contributed by atoms with Gasteiger partial charge in [-0.3, -0.25) is 4.18 Å². The standard InChI is InChI=1S/C4H5BrO3S/c1-3-4(5)2-9(6,7)8-3/h2-3H,1H3. The lowest BCUT2D eigenvalue weighted by Crippen LogP contribution is -2.03. The molecule has 0 aromatic carbocycles. The molecule has 1 aliphatic rings. The van der Waals surface area contributed by atoms with Crippen molar-refractivity contribution in [1.29, 1.82) is 0 Å². The number of hydrogen-bond donors (Lipinski definition) is 0. The van der Waals surface area contributed by atoms with E-state index in [1.54, 1.807) is 6.92 Å². The van der Waals surface area contributed by atoms with E-state index in [1.165, 1.54) is 0 Å². The van der Waals surface area contributed by atoms with Crippen LogP contribution < -0.4 is 0 Å². The zero-order valence-electron chi connectivity index (χ0n) is 4.67. The maximum atomic E-state index is 10.5. The van der Waals surface area contributed by atoms with Gasteiger partial charge in [-0.1, -0.05) is 15.9 Å². The molecule has 0 saturated carbocycles. The first-order valence-corrected chi connectivity index (χ1v) is 4.58.